The number of hydrogen-bond acceptors (Lipinski definition) is 9. The monoisotopic (exact) mass is 547 g/mol. The summed E-state index contributed by atoms with van der Waals surface area (Å²) in [6.07, 6.45) is -2.01. The van der Waals surface area contributed by atoms with E-state index in [1.165, 1.54) is 7.11 Å². The summed E-state index contributed by atoms with van der Waals surface area (Å²) in [5.41, 5.74) is -1.17. The minimum absolute atomic E-state index is 0.0690. The van der Waals surface area contributed by atoms with Gasteiger partial charge in [-0.25, -0.2) is 9.59 Å². The minimum Gasteiger partial charge on any atom is -0.457 e. The SMILES string of the molecule is CO[C@H]1CC2(C)[C@@H](O)C[C@@H]3C4[C@H](O)[C@@H](C)[C@@H](OC(=O)c5ccc[nH]5)[C@@H]3O[C@]42/C(C)=C/[C@@H](C)[C@@H]([C@@H](C)O)OC1=O. The Balaban J connectivity index is 1.64. The molecular weight excluding hydrogens is 506 g/mol. The van der Waals surface area contributed by atoms with Gasteiger partial charge in [-0.2, -0.15) is 0 Å². The van der Waals surface area contributed by atoms with Crippen molar-refractivity contribution in [3.63, 3.8) is 0 Å². The molecule has 2 aliphatic heterocycles. The van der Waals surface area contributed by atoms with Crippen molar-refractivity contribution in [3.8, 4) is 0 Å². The maximum Gasteiger partial charge on any atom is 0.355 e. The second-order valence-corrected chi connectivity index (χ2v) is 12.3. The number of aliphatic hydroxyl groups excluding tert-OH is 3. The summed E-state index contributed by atoms with van der Waals surface area (Å²) in [6, 6.07) is 3.33. The molecule has 4 N–H and O–H groups in total. The maximum absolute atomic E-state index is 13.3. The van der Waals surface area contributed by atoms with Crippen molar-refractivity contribution < 1.29 is 43.9 Å². The molecule has 1 spiro atoms. The smallest absolute Gasteiger partial charge is 0.355 e. The number of ether oxygens (including phenoxy) is 4. The summed E-state index contributed by atoms with van der Waals surface area (Å²) >= 11 is 0. The lowest BCUT2D eigenvalue weighted by Crippen LogP contribution is -2.66. The van der Waals surface area contributed by atoms with Crippen LogP contribution in [0.25, 0.3) is 0 Å². The van der Waals surface area contributed by atoms with E-state index in [2.05, 4.69) is 4.98 Å². The van der Waals surface area contributed by atoms with Crippen molar-refractivity contribution in [2.75, 3.05) is 7.11 Å². The number of aromatic amines is 1. The van der Waals surface area contributed by atoms with Gasteiger partial charge in [0.1, 0.15) is 23.5 Å². The van der Waals surface area contributed by atoms with Gasteiger partial charge in [-0.05, 0) is 50.3 Å². The standard InChI is InChI=1S/C29H41NO9/c1-13-10-14(2)29-21-17(11-20(32)28(29,5)12-19(36-6)27(35)37-23(13)16(4)31)25(39-29)24(15(3)22(21)33)38-26(34)18-8-7-9-30-18/h7-10,13,15-17,19-25,30-33H,11-12H2,1-6H3/b14-10+/t13-,15-,16-,17-,19+,20+,21?,22-,23+,24-,25-,28?,29-/m1/s1. The van der Waals surface area contributed by atoms with Crippen LogP contribution in [0.15, 0.2) is 30.0 Å². The molecule has 0 radical (unpaired) electrons. The highest BCUT2D eigenvalue weighted by Gasteiger charge is 2.75. The van der Waals surface area contributed by atoms with Crippen LogP contribution in [0.2, 0.25) is 0 Å². The molecule has 13 atom stereocenters. The van der Waals surface area contributed by atoms with Gasteiger partial charge in [0.05, 0.1) is 24.4 Å². The first-order valence-corrected chi connectivity index (χ1v) is 13.9. The summed E-state index contributed by atoms with van der Waals surface area (Å²) in [5, 5.41) is 34.0. The molecule has 216 valence electrons. The number of hydrogen-bond donors (Lipinski definition) is 4. The second kappa shape index (κ2) is 9.99. The van der Waals surface area contributed by atoms with Gasteiger partial charge in [0, 0.05) is 36.5 Å². The van der Waals surface area contributed by atoms with E-state index in [4.69, 9.17) is 18.9 Å². The number of cyclic esters (lactones) is 1. The Kier molecular flexibility index (Phi) is 7.25. The fraction of sp³-hybridized carbons (Fsp3) is 0.724. The minimum atomic E-state index is -1.19. The summed E-state index contributed by atoms with van der Waals surface area (Å²) in [4.78, 5) is 29.1. The zero-order chi connectivity index (χ0) is 28.4. The highest BCUT2D eigenvalue weighted by molar-refractivity contribution is 5.87. The Labute approximate surface area is 228 Å². The van der Waals surface area contributed by atoms with Gasteiger partial charge in [-0.1, -0.05) is 26.8 Å². The van der Waals surface area contributed by atoms with Crippen LogP contribution in [0.3, 0.4) is 0 Å². The van der Waals surface area contributed by atoms with Gasteiger partial charge in [0.25, 0.3) is 0 Å². The average molecular weight is 548 g/mol. The first-order valence-electron chi connectivity index (χ1n) is 13.9. The molecule has 1 saturated heterocycles. The number of nitrogens with one attached hydrogen (secondary N) is 1. The van der Waals surface area contributed by atoms with E-state index in [0.29, 0.717) is 12.1 Å². The van der Waals surface area contributed by atoms with Gasteiger partial charge in [0.2, 0.25) is 0 Å². The third kappa shape index (κ3) is 4.10. The average Bonchev–Trinajstić information content (AvgIpc) is 3.50. The van der Waals surface area contributed by atoms with Gasteiger partial charge in [-0.15, -0.1) is 0 Å². The molecular formula is C29H41NO9. The largest absolute Gasteiger partial charge is 0.457 e. The predicted octanol–water partition coefficient (Wildman–Crippen LogP) is 1.99. The molecule has 5 rings (SSSR count). The molecule has 39 heavy (non-hydrogen) atoms. The molecule has 10 heteroatoms. The zero-order valence-corrected chi connectivity index (χ0v) is 23.4. The number of carbonyl (C=O) groups excluding carboxylic acids is 2. The Morgan fingerprint density at radius 2 is 2.00 bits per heavy atom. The van der Waals surface area contributed by atoms with Crippen LogP contribution < -0.4 is 0 Å². The topological polar surface area (TPSA) is 148 Å². The molecule has 1 aromatic rings. The molecule has 2 aliphatic carbocycles. The summed E-state index contributed by atoms with van der Waals surface area (Å²) in [5.74, 6) is -2.72. The van der Waals surface area contributed by atoms with E-state index in [9.17, 15) is 24.9 Å². The highest BCUT2D eigenvalue weighted by Crippen LogP contribution is 2.67. The normalized spacial score (nSPS) is 47.8. The first kappa shape index (κ1) is 28.3. The summed E-state index contributed by atoms with van der Waals surface area (Å²) < 4.78 is 24.3. The molecule has 0 amide bonds. The number of rotatable bonds is 4. The molecule has 4 aliphatic rings. The molecule has 3 heterocycles. The van der Waals surface area contributed by atoms with Crippen LogP contribution >= 0.6 is 0 Å². The predicted molar refractivity (Wildman–Crippen MR) is 138 cm³/mol. The molecule has 0 aromatic carbocycles. The Hall–Kier alpha value is -2.24. The fourth-order valence-electron chi connectivity index (χ4n) is 8.10. The van der Waals surface area contributed by atoms with Crippen molar-refractivity contribution in [1.29, 1.82) is 0 Å². The lowest BCUT2D eigenvalue weighted by Gasteiger charge is -2.58. The number of aliphatic hydroxyl groups is 3. The summed E-state index contributed by atoms with van der Waals surface area (Å²) in [7, 11) is 1.41. The van der Waals surface area contributed by atoms with E-state index in [1.54, 1.807) is 25.3 Å². The third-order valence-electron chi connectivity index (χ3n) is 10.1. The zero-order valence-electron chi connectivity index (χ0n) is 23.4. The van der Waals surface area contributed by atoms with Crippen LogP contribution in [0.4, 0.5) is 0 Å². The van der Waals surface area contributed by atoms with Crippen molar-refractivity contribution in [3.05, 3.63) is 35.7 Å². The Morgan fingerprint density at radius 1 is 1.28 bits per heavy atom. The lowest BCUT2D eigenvalue weighted by atomic mass is 9.48. The number of H-pyrrole nitrogens is 1. The van der Waals surface area contributed by atoms with E-state index >= 15 is 0 Å². The quantitative estimate of drug-likeness (QED) is 0.328. The van der Waals surface area contributed by atoms with Crippen LogP contribution in [-0.4, -0.2) is 87.7 Å². The van der Waals surface area contributed by atoms with Crippen molar-refractivity contribution in [1.82, 2.24) is 4.98 Å². The van der Waals surface area contributed by atoms with Crippen molar-refractivity contribution >= 4 is 11.9 Å². The number of carbonyl (C=O) groups is 2. The number of methoxy groups -OCH3 is 1. The Morgan fingerprint density at radius 3 is 2.62 bits per heavy atom. The van der Waals surface area contributed by atoms with E-state index in [-0.39, 0.29) is 12.3 Å². The van der Waals surface area contributed by atoms with Gasteiger partial charge >= 0.3 is 11.9 Å². The first-order chi connectivity index (χ1) is 18.4. The molecule has 1 aromatic heterocycles. The number of esters is 2. The number of aromatic nitrogens is 1. The van der Waals surface area contributed by atoms with Crippen LogP contribution in [0.1, 0.15) is 57.9 Å². The third-order valence-corrected chi connectivity index (χ3v) is 10.1. The summed E-state index contributed by atoms with van der Waals surface area (Å²) in [6.45, 7) is 9.06. The molecule has 10 nitrogen and oxygen atoms in total. The van der Waals surface area contributed by atoms with Gasteiger partial charge in [-0.3, -0.25) is 0 Å². The van der Waals surface area contributed by atoms with Gasteiger partial charge in [0.15, 0.2) is 6.10 Å². The van der Waals surface area contributed by atoms with E-state index in [1.807, 2.05) is 33.8 Å². The van der Waals surface area contributed by atoms with Crippen LogP contribution in [-0.2, 0) is 23.7 Å². The fourth-order valence-corrected chi connectivity index (χ4v) is 8.10. The van der Waals surface area contributed by atoms with Crippen LogP contribution in [0, 0.1) is 29.1 Å². The molecule has 2 unspecified atom stereocenters. The van der Waals surface area contributed by atoms with Gasteiger partial charge < -0.3 is 39.3 Å². The molecule has 4 bridgehead atoms. The highest BCUT2D eigenvalue weighted by atomic mass is 16.6. The van der Waals surface area contributed by atoms with E-state index in [0.717, 1.165) is 5.57 Å². The Bertz CT molecular complexity index is 1120. The molecule has 2 saturated carbocycles. The van der Waals surface area contributed by atoms with Crippen molar-refractivity contribution in [2.24, 2.45) is 29.1 Å². The van der Waals surface area contributed by atoms with Crippen LogP contribution in [0.5, 0.6) is 0 Å². The van der Waals surface area contributed by atoms with E-state index < -0.39 is 83.4 Å². The second-order valence-electron chi connectivity index (χ2n) is 12.3. The lowest BCUT2D eigenvalue weighted by molar-refractivity contribution is -0.199. The molecule has 3 fully saturated rings. The van der Waals surface area contributed by atoms with Crippen molar-refractivity contribution in [2.45, 2.75) is 95.8 Å². The maximum atomic E-state index is 13.3.